The number of aromatic nitrogens is 2. The molecule has 0 saturated carbocycles. The van der Waals surface area contributed by atoms with Crippen molar-refractivity contribution in [3.05, 3.63) is 50.5 Å². The lowest BCUT2D eigenvalue weighted by Gasteiger charge is -2.41. The molecule has 2 aromatic heterocycles. The second-order valence-corrected chi connectivity index (χ2v) is 9.72. The summed E-state index contributed by atoms with van der Waals surface area (Å²) >= 11 is 1.70. The monoisotopic (exact) mass is 441 g/mol. The maximum absolute atomic E-state index is 12.0. The van der Waals surface area contributed by atoms with Crippen LogP contribution in [0.15, 0.2) is 34.4 Å². The van der Waals surface area contributed by atoms with Crippen molar-refractivity contribution in [2.45, 2.75) is 39.3 Å². The average molecular weight is 442 g/mol. The Bertz CT molecular complexity index is 1060. The summed E-state index contributed by atoms with van der Waals surface area (Å²) in [7, 11) is 0. The Labute approximate surface area is 187 Å². The van der Waals surface area contributed by atoms with E-state index in [1.807, 2.05) is 6.92 Å². The molecule has 0 amide bonds. The van der Waals surface area contributed by atoms with Crippen LogP contribution in [-0.4, -0.2) is 76.6 Å². The van der Waals surface area contributed by atoms with Gasteiger partial charge in [0.15, 0.2) is 0 Å². The molecule has 2 aromatic rings. The van der Waals surface area contributed by atoms with Crippen molar-refractivity contribution in [3.8, 4) is 0 Å². The van der Waals surface area contributed by atoms with Crippen molar-refractivity contribution in [2.24, 2.45) is 0 Å². The molecule has 1 unspecified atom stereocenters. The molecule has 5 rings (SSSR count). The van der Waals surface area contributed by atoms with Crippen molar-refractivity contribution >= 4 is 21.7 Å². The van der Waals surface area contributed by atoms with E-state index in [-0.39, 0.29) is 5.56 Å². The molecule has 2 saturated heterocycles. The van der Waals surface area contributed by atoms with Gasteiger partial charge in [0.25, 0.3) is 5.56 Å². The van der Waals surface area contributed by atoms with E-state index < -0.39 is 0 Å². The Hall–Kier alpha value is -2.16. The van der Waals surface area contributed by atoms with Gasteiger partial charge < -0.3 is 19.5 Å². The molecule has 7 nitrogen and oxygen atoms in total. The first-order chi connectivity index (χ1) is 15.1. The van der Waals surface area contributed by atoms with E-state index in [9.17, 15) is 4.79 Å². The molecule has 8 heteroatoms. The van der Waals surface area contributed by atoms with Gasteiger partial charge in [0.1, 0.15) is 10.5 Å². The summed E-state index contributed by atoms with van der Waals surface area (Å²) in [6.07, 6.45) is 6.38. The molecule has 1 N–H and O–H groups in total. The van der Waals surface area contributed by atoms with E-state index in [4.69, 9.17) is 4.74 Å². The van der Waals surface area contributed by atoms with Crippen LogP contribution >= 0.6 is 11.3 Å². The highest BCUT2D eigenvalue weighted by Gasteiger charge is 2.28. The van der Waals surface area contributed by atoms with Crippen LogP contribution in [0.5, 0.6) is 0 Å². The predicted molar refractivity (Wildman–Crippen MR) is 124 cm³/mol. The number of nitrogens with one attached hydrogen (secondary N) is 1. The number of hydrogen-bond acceptors (Lipinski definition) is 7. The van der Waals surface area contributed by atoms with Crippen molar-refractivity contribution in [2.75, 3.05) is 45.9 Å². The third-order valence-corrected chi connectivity index (χ3v) is 7.68. The van der Waals surface area contributed by atoms with Crippen molar-refractivity contribution < 1.29 is 4.74 Å². The standard InChI is InChI=1S/C23H31N5O2S/c1-3-19-22(29)24-20-13-18(31-23(20)25-19)14-26-8-10-27(11-9-26)21-5-4-7-28(16(21)2)17-6-12-30-15-17/h4-5,13,17H,3,6-12,14-15H2,1-2H3,(H,24,29). The van der Waals surface area contributed by atoms with Gasteiger partial charge in [-0.3, -0.25) is 9.69 Å². The number of piperazine rings is 1. The summed E-state index contributed by atoms with van der Waals surface area (Å²) in [4.78, 5) is 29.3. The van der Waals surface area contributed by atoms with Gasteiger partial charge >= 0.3 is 0 Å². The molecule has 0 radical (unpaired) electrons. The molecule has 3 aliphatic rings. The Morgan fingerprint density at radius 3 is 2.87 bits per heavy atom. The van der Waals surface area contributed by atoms with Crippen LogP contribution in [0.4, 0.5) is 0 Å². The van der Waals surface area contributed by atoms with Gasteiger partial charge in [0.05, 0.1) is 23.9 Å². The summed E-state index contributed by atoms with van der Waals surface area (Å²) in [5.74, 6) is 0. The normalized spacial score (nSPS) is 22.8. The van der Waals surface area contributed by atoms with Crippen LogP contribution in [0, 0.1) is 0 Å². The molecule has 0 aromatic carbocycles. The fraction of sp³-hybridized carbons (Fsp3) is 0.565. The molecule has 0 spiro atoms. The number of fused-ring (bicyclic) bond motifs is 1. The number of aromatic amines is 1. The van der Waals surface area contributed by atoms with E-state index in [0.29, 0.717) is 18.2 Å². The number of H-pyrrole nitrogens is 1. The molecule has 0 aliphatic carbocycles. The van der Waals surface area contributed by atoms with Crippen LogP contribution < -0.4 is 5.56 Å². The Morgan fingerprint density at radius 2 is 2.13 bits per heavy atom. The highest BCUT2D eigenvalue weighted by Crippen LogP contribution is 2.27. The maximum atomic E-state index is 12.0. The van der Waals surface area contributed by atoms with E-state index >= 15 is 0 Å². The summed E-state index contributed by atoms with van der Waals surface area (Å²) < 4.78 is 5.62. The van der Waals surface area contributed by atoms with Crippen LogP contribution in [0.1, 0.15) is 30.8 Å². The zero-order valence-corrected chi connectivity index (χ0v) is 19.2. The molecular formula is C23H31N5O2S. The van der Waals surface area contributed by atoms with Crippen molar-refractivity contribution in [3.63, 3.8) is 0 Å². The van der Waals surface area contributed by atoms with E-state index in [2.05, 4.69) is 49.8 Å². The number of ether oxygens (including phenoxy) is 1. The second-order valence-electron chi connectivity index (χ2n) is 8.60. The molecule has 0 bridgehead atoms. The van der Waals surface area contributed by atoms with Gasteiger partial charge in [0.2, 0.25) is 0 Å². The van der Waals surface area contributed by atoms with Gasteiger partial charge in [-0.05, 0) is 31.9 Å². The fourth-order valence-electron chi connectivity index (χ4n) is 4.86. The van der Waals surface area contributed by atoms with Gasteiger partial charge in [-0.25, -0.2) is 4.98 Å². The molecule has 1 atom stereocenters. The number of thiophene rings is 1. The summed E-state index contributed by atoms with van der Waals surface area (Å²) in [6.45, 7) is 12.0. The predicted octanol–water partition coefficient (Wildman–Crippen LogP) is 2.56. The second kappa shape index (κ2) is 8.76. The minimum Gasteiger partial charge on any atom is -0.379 e. The summed E-state index contributed by atoms with van der Waals surface area (Å²) in [5, 5.41) is 0. The Morgan fingerprint density at radius 1 is 1.29 bits per heavy atom. The first-order valence-corrected chi connectivity index (χ1v) is 12.1. The minimum absolute atomic E-state index is 0.0599. The molecule has 166 valence electrons. The molecule has 31 heavy (non-hydrogen) atoms. The largest absolute Gasteiger partial charge is 0.379 e. The Kier molecular flexibility index (Phi) is 5.86. The fourth-order valence-corrected chi connectivity index (χ4v) is 5.91. The van der Waals surface area contributed by atoms with Gasteiger partial charge in [-0.1, -0.05) is 13.0 Å². The van der Waals surface area contributed by atoms with E-state index in [0.717, 1.165) is 69.3 Å². The van der Waals surface area contributed by atoms with Crippen LogP contribution in [0.2, 0.25) is 0 Å². The van der Waals surface area contributed by atoms with Gasteiger partial charge in [-0.2, -0.15) is 0 Å². The van der Waals surface area contributed by atoms with Gasteiger partial charge in [0, 0.05) is 56.4 Å². The number of allylic oxidation sites excluding steroid dienone is 2. The molecule has 5 heterocycles. The third kappa shape index (κ3) is 4.16. The van der Waals surface area contributed by atoms with Crippen LogP contribution in [-0.2, 0) is 17.7 Å². The van der Waals surface area contributed by atoms with Crippen LogP contribution in [0.3, 0.4) is 0 Å². The summed E-state index contributed by atoms with van der Waals surface area (Å²) in [6, 6.07) is 2.61. The summed E-state index contributed by atoms with van der Waals surface area (Å²) in [5.41, 5.74) is 4.18. The Balaban J connectivity index is 1.23. The number of nitrogens with zero attached hydrogens (tertiary/aromatic N) is 4. The number of aryl methyl sites for hydroxylation is 1. The average Bonchev–Trinajstić information content (AvgIpc) is 3.43. The van der Waals surface area contributed by atoms with Crippen molar-refractivity contribution in [1.82, 2.24) is 24.7 Å². The third-order valence-electron chi connectivity index (χ3n) is 6.66. The SMILES string of the molecule is CCc1nc2sc(CN3CCN(C4=C(C)N(C5CCOC5)CC=C4)CC3)cc2[nH]c1=O. The topological polar surface area (TPSA) is 64.7 Å². The minimum atomic E-state index is -0.0599. The lowest BCUT2D eigenvalue weighted by Crippen LogP contribution is -2.47. The first kappa shape index (κ1) is 20.7. The zero-order chi connectivity index (χ0) is 21.4. The maximum Gasteiger partial charge on any atom is 0.270 e. The van der Waals surface area contributed by atoms with E-state index in [1.165, 1.54) is 16.3 Å². The van der Waals surface area contributed by atoms with Gasteiger partial charge in [-0.15, -0.1) is 11.3 Å². The lowest BCUT2D eigenvalue weighted by molar-refractivity contribution is 0.145. The molecular weight excluding hydrogens is 410 g/mol. The van der Waals surface area contributed by atoms with Crippen LogP contribution in [0.25, 0.3) is 10.3 Å². The zero-order valence-electron chi connectivity index (χ0n) is 18.4. The van der Waals surface area contributed by atoms with Crippen molar-refractivity contribution in [1.29, 1.82) is 0 Å². The molecule has 2 fully saturated rings. The lowest BCUT2D eigenvalue weighted by atomic mass is 10.1. The number of rotatable bonds is 5. The highest BCUT2D eigenvalue weighted by atomic mass is 32.1. The van der Waals surface area contributed by atoms with E-state index in [1.54, 1.807) is 11.3 Å². The highest BCUT2D eigenvalue weighted by molar-refractivity contribution is 7.18. The first-order valence-electron chi connectivity index (χ1n) is 11.3. The molecule has 3 aliphatic heterocycles. The smallest absolute Gasteiger partial charge is 0.270 e. The number of hydrogen-bond donors (Lipinski definition) is 1. The quantitative estimate of drug-likeness (QED) is 0.769.